The first-order chi connectivity index (χ1) is 16.7. The Morgan fingerprint density at radius 1 is 0.971 bits per heavy atom. The Bertz CT molecular complexity index is 1510. The Morgan fingerprint density at radius 2 is 1.76 bits per heavy atom. The van der Waals surface area contributed by atoms with Crippen molar-refractivity contribution in [1.82, 2.24) is 25.1 Å². The number of pyridine rings is 1. The summed E-state index contributed by atoms with van der Waals surface area (Å²) in [5.74, 6) is 0. The van der Waals surface area contributed by atoms with E-state index in [4.69, 9.17) is 4.74 Å². The lowest BCUT2D eigenvalue weighted by molar-refractivity contribution is 0.0389. The molecule has 3 N–H and O–H groups in total. The molecule has 3 aromatic heterocycles. The fourth-order valence-electron chi connectivity index (χ4n) is 4.98. The van der Waals surface area contributed by atoms with Gasteiger partial charge in [0.1, 0.15) is 0 Å². The third-order valence-electron chi connectivity index (χ3n) is 6.93. The van der Waals surface area contributed by atoms with E-state index in [1.165, 1.54) is 5.56 Å². The molecule has 34 heavy (non-hydrogen) atoms. The van der Waals surface area contributed by atoms with Crippen molar-refractivity contribution < 1.29 is 4.74 Å². The van der Waals surface area contributed by atoms with Crippen LogP contribution in [0.1, 0.15) is 18.4 Å². The van der Waals surface area contributed by atoms with Crippen molar-refractivity contribution in [2.24, 2.45) is 0 Å². The van der Waals surface area contributed by atoms with Crippen LogP contribution in [0.3, 0.4) is 0 Å². The van der Waals surface area contributed by atoms with E-state index in [1.807, 2.05) is 24.4 Å². The minimum Gasteiger partial charge on any atom is -0.381 e. The molecule has 7 nitrogen and oxygen atoms in total. The van der Waals surface area contributed by atoms with Crippen LogP contribution in [-0.4, -0.2) is 51.4 Å². The van der Waals surface area contributed by atoms with E-state index in [2.05, 4.69) is 55.4 Å². The van der Waals surface area contributed by atoms with Crippen LogP contribution in [0.15, 0.2) is 65.7 Å². The van der Waals surface area contributed by atoms with Crippen molar-refractivity contribution in [2.45, 2.75) is 25.5 Å². The molecule has 0 saturated carbocycles. The van der Waals surface area contributed by atoms with Crippen molar-refractivity contribution in [3.8, 4) is 22.4 Å². The van der Waals surface area contributed by atoms with Crippen LogP contribution in [0, 0.1) is 0 Å². The number of fused-ring (bicyclic) bond motifs is 2. The number of likely N-dealkylation sites (tertiary alicyclic amines) is 1. The number of ether oxygens (including phenoxy) is 1. The van der Waals surface area contributed by atoms with E-state index in [0.717, 1.165) is 71.1 Å². The van der Waals surface area contributed by atoms with Crippen LogP contribution >= 0.6 is 0 Å². The maximum atomic E-state index is 12.9. The molecular formula is C27H27N5O2. The molecular weight excluding hydrogens is 426 g/mol. The van der Waals surface area contributed by atoms with Gasteiger partial charge in [-0.15, -0.1) is 0 Å². The standard InChI is InChI=1S/C27H27N5O2/c1-34-22-6-8-32(9-7-22)16-17-2-4-24-19(10-17)13-26(30-24)23-12-20-11-18(21-14-28-29-15-21)3-5-25(20)31-27(23)33/h2-5,10-15,22,30H,6-9,16H2,1H3,(H,28,29)(H,31,33). The largest absolute Gasteiger partial charge is 0.381 e. The molecule has 0 atom stereocenters. The van der Waals surface area contributed by atoms with Gasteiger partial charge in [0.2, 0.25) is 0 Å². The zero-order valence-corrected chi connectivity index (χ0v) is 19.1. The quantitative estimate of drug-likeness (QED) is 0.361. The fraction of sp³-hybridized carbons (Fsp3) is 0.259. The second-order valence-electron chi connectivity index (χ2n) is 9.12. The summed E-state index contributed by atoms with van der Waals surface area (Å²) in [4.78, 5) is 21.8. The molecule has 1 saturated heterocycles. The van der Waals surface area contributed by atoms with Gasteiger partial charge in [-0.05, 0) is 65.8 Å². The number of aromatic nitrogens is 4. The third kappa shape index (κ3) is 3.93. The molecule has 0 unspecified atom stereocenters. The Hall–Kier alpha value is -3.68. The van der Waals surface area contributed by atoms with Crippen LogP contribution in [0.25, 0.3) is 44.2 Å². The lowest BCUT2D eigenvalue weighted by atomic mass is 10.0. The Labute approximate surface area is 196 Å². The number of rotatable bonds is 5. The summed E-state index contributed by atoms with van der Waals surface area (Å²) in [6.07, 6.45) is 6.22. The zero-order valence-electron chi connectivity index (χ0n) is 19.1. The third-order valence-corrected chi connectivity index (χ3v) is 6.93. The minimum absolute atomic E-state index is 0.101. The molecule has 0 aliphatic carbocycles. The number of nitrogens with one attached hydrogen (secondary N) is 3. The molecule has 1 fully saturated rings. The fourth-order valence-corrected chi connectivity index (χ4v) is 4.98. The van der Waals surface area contributed by atoms with Crippen molar-refractivity contribution in [2.75, 3.05) is 20.2 Å². The Morgan fingerprint density at radius 3 is 2.56 bits per heavy atom. The van der Waals surface area contributed by atoms with Crippen LogP contribution < -0.4 is 5.56 Å². The number of nitrogens with zero attached hydrogens (tertiary/aromatic N) is 2. The summed E-state index contributed by atoms with van der Waals surface area (Å²) in [5, 5.41) is 8.98. The van der Waals surface area contributed by atoms with Gasteiger partial charge in [0.25, 0.3) is 5.56 Å². The number of methoxy groups -OCH3 is 1. The monoisotopic (exact) mass is 453 g/mol. The van der Waals surface area contributed by atoms with Crippen LogP contribution in [-0.2, 0) is 11.3 Å². The van der Waals surface area contributed by atoms with Crippen molar-refractivity contribution >= 4 is 21.8 Å². The van der Waals surface area contributed by atoms with E-state index in [1.54, 1.807) is 13.3 Å². The van der Waals surface area contributed by atoms with E-state index in [-0.39, 0.29) is 5.56 Å². The SMILES string of the molecule is COC1CCN(Cc2ccc3[nH]c(-c4cc5cc(-c6cn[nH]c6)ccc5[nH]c4=O)cc3c2)CC1. The Kier molecular flexibility index (Phi) is 5.28. The van der Waals surface area contributed by atoms with Gasteiger partial charge in [0.15, 0.2) is 0 Å². The normalized spacial score (nSPS) is 15.4. The lowest BCUT2D eigenvalue weighted by Gasteiger charge is -2.31. The number of H-pyrrole nitrogens is 3. The number of aromatic amines is 3. The molecule has 172 valence electrons. The maximum Gasteiger partial charge on any atom is 0.257 e. The topological polar surface area (TPSA) is 89.8 Å². The highest BCUT2D eigenvalue weighted by atomic mass is 16.5. The van der Waals surface area contributed by atoms with Gasteiger partial charge in [-0.3, -0.25) is 14.8 Å². The Balaban J connectivity index is 1.30. The average molecular weight is 454 g/mol. The molecule has 6 rings (SSSR count). The predicted molar refractivity (Wildman–Crippen MR) is 135 cm³/mol. The molecule has 1 aliphatic heterocycles. The molecule has 4 heterocycles. The molecule has 0 spiro atoms. The van der Waals surface area contributed by atoms with Crippen molar-refractivity contribution in [3.63, 3.8) is 0 Å². The van der Waals surface area contributed by atoms with Crippen molar-refractivity contribution in [3.05, 3.63) is 76.8 Å². The second-order valence-corrected chi connectivity index (χ2v) is 9.12. The molecule has 0 amide bonds. The number of benzene rings is 2. The molecule has 2 aromatic carbocycles. The predicted octanol–water partition coefficient (Wildman–Crippen LogP) is 4.68. The van der Waals surface area contributed by atoms with Crippen molar-refractivity contribution in [1.29, 1.82) is 0 Å². The summed E-state index contributed by atoms with van der Waals surface area (Å²) >= 11 is 0. The highest BCUT2D eigenvalue weighted by Crippen LogP contribution is 2.28. The lowest BCUT2D eigenvalue weighted by Crippen LogP contribution is -2.36. The van der Waals surface area contributed by atoms with Gasteiger partial charge >= 0.3 is 0 Å². The van der Waals surface area contributed by atoms with E-state index in [0.29, 0.717) is 11.7 Å². The summed E-state index contributed by atoms with van der Waals surface area (Å²) in [7, 11) is 1.80. The second kappa shape index (κ2) is 8.59. The highest BCUT2D eigenvalue weighted by Gasteiger charge is 2.19. The van der Waals surface area contributed by atoms with Gasteiger partial charge in [0, 0.05) is 54.9 Å². The molecule has 0 radical (unpaired) electrons. The number of hydrogen-bond donors (Lipinski definition) is 3. The van der Waals surface area contributed by atoms with Gasteiger partial charge in [0.05, 0.1) is 23.6 Å². The minimum atomic E-state index is -0.101. The zero-order chi connectivity index (χ0) is 23.1. The van der Waals surface area contributed by atoms with E-state index in [9.17, 15) is 4.79 Å². The number of piperidine rings is 1. The van der Waals surface area contributed by atoms with Crippen LogP contribution in [0.5, 0.6) is 0 Å². The first kappa shape index (κ1) is 20.9. The molecule has 5 aromatic rings. The molecule has 7 heteroatoms. The van der Waals surface area contributed by atoms with Crippen LogP contribution in [0.4, 0.5) is 0 Å². The summed E-state index contributed by atoms with van der Waals surface area (Å²) in [6.45, 7) is 3.05. The highest BCUT2D eigenvalue weighted by molar-refractivity contribution is 5.90. The van der Waals surface area contributed by atoms with Gasteiger partial charge in [-0.25, -0.2) is 0 Å². The maximum absolute atomic E-state index is 12.9. The van der Waals surface area contributed by atoms with E-state index >= 15 is 0 Å². The van der Waals surface area contributed by atoms with Crippen LogP contribution in [0.2, 0.25) is 0 Å². The number of hydrogen-bond acceptors (Lipinski definition) is 4. The molecule has 0 bridgehead atoms. The first-order valence-electron chi connectivity index (χ1n) is 11.7. The van der Waals surface area contributed by atoms with Gasteiger partial charge in [-0.1, -0.05) is 12.1 Å². The van der Waals surface area contributed by atoms with Gasteiger partial charge < -0.3 is 14.7 Å². The smallest absolute Gasteiger partial charge is 0.257 e. The average Bonchev–Trinajstić information content (AvgIpc) is 3.54. The summed E-state index contributed by atoms with van der Waals surface area (Å²) < 4.78 is 5.49. The molecule has 1 aliphatic rings. The summed E-state index contributed by atoms with van der Waals surface area (Å²) in [6, 6.07) is 16.6. The van der Waals surface area contributed by atoms with E-state index < -0.39 is 0 Å². The first-order valence-corrected chi connectivity index (χ1v) is 11.7. The van der Waals surface area contributed by atoms with Gasteiger partial charge in [-0.2, -0.15) is 5.10 Å². The summed E-state index contributed by atoms with van der Waals surface area (Å²) in [5.41, 5.74) is 6.55.